The van der Waals surface area contributed by atoms with Crippen LogP contribution in [0.5, 0.6) is 0 Å². The van der Waals surface area contributed by atoms with E-state index >= 15 is 0 Å². The van der Waals surface area contributed by atoms with Crippen LogP contribution in [-0.2, 0) is 6.42 Å². The summed E-state index contributed by atoms with van der Waals surface area (Å²) in [4.78, 5) is 6.49. The molecule has 0 saturated carbocycles. The standard InChI is InChI=1S/C29H34FN3/c1-22-10-12-26(13-11-22)29(27-14-17-31-21-28(27)30)32-23(2)25-15-19-33(20-16-25)18-6-9-24-7-4-3-5-8-24/h3-5,7-8,10-14,17,21,25,29,32H,2,6,9,15-16,18-20H2,1H3. The number of allylic oxidation sites excluding steroid dienone is 1. The Morgan fingerprint density at radius 2 is 1.82 bits per heavy atom. The van der Waals surface area contributed by atoms with Crippen LogP contribution < -0.4 is 5.32 Å². The lowest BCUT2D eigenvalue weighted by atomic mass is 9.91. The van der Waals surface area contributed by atoms with E-state index in [4.69, 9.17) is 0 Å². The molecule has 3 aromatic rings. The number of benzene rings is 2. The third-order valence-electron chi connectivity index (χ3n) is 6.72. The van der Waals surface area contributed by atoms with Gasteiger partial charge >= 0.3 is 0 Å². The van der Waals surface area contributed by atoms with E-state index in [-0.39, 0.29) is 11.9 Å². The quantitative estimate of drug-likeness (QED) is 0.435. The van der Waals surface area contributed by atoms with Crippen LogP contribution in [0.15, 0.2) is 85.3 Å². The third kappa shape index (κ3) is 6.29. The number of hydrogen-bond donors (Lipinski definition) is 1. The minimum atomic E-state index is -0.295. The van der Waals surface area contributed by atoms with Crippen molar-refractivity contribution < 1.29 is 4.39 Å². The molecule has 33 heavy (non-hydrogen) atoms. The summed E-state index contributed by atoms with van der Waals surface area (Å²) in [5.41, 5.74) is 5.24. The van der Waals surface area contributed by atoms with Crippen LogP contribution >= 0.6 is 0 Å². The molecule has 1 aliphatic rings. The summed E-state index contributed by atoms with van der Waals surface area (Å²) in [6.07, 6.45) is 7.41. The Bertz CT molecular complexity index is 1020. The predicted octanol–water partition coefficient (Wildman–Crippen LogP) is 6.07. The van der Waals surface area contributed by atoms with Crippen LogP contribution in [0.25, 0.3) is 0 Å². The van der Waals surface area contributed by atoms with E-state index in [2.05, 4.69) is 83.3 Å². The summed E-state index contributed by atoms with van der Waals surface area (Å²) < 4.78 is 14.7. The number of rotatable bonds is 9. The largest absolute Gasteiger partial charge is 0.378 e. The van der Waals surface area contributed by atoms with Crippen LogP contribution in [0.1, 0.15) is 47.6 Å². The summed E-state index contributed by atoms with van der Waals surface area (Å²) in [6, 6.07) is 20.5. The fourth-order valence-corrected chi connectivity index (χ4v) is 4.68. The number of likely N-dealkylation sites (tertiary alicyclic amines) is 1. The molecule has 1 aliphatic heterocycles. The molecule has 1 atom stereocenters. The van der Waals surface area contributed by atoms with Crippen LogP contribution in [-0.4, -0.2) is 29.5 Å². The Morgan fingerprint density at radius 1 is 1.09 bits per heavy atom. The van der Waals surface area contributed by atoms with Crippen LogP contribution in [0.4, 0.5) is 4.39 Å². The molecule has 2 aromatic carbocycles. The van der Waals surface area contributed by atoms with Gasteiger partial charge in [0.05, 0.1) is 12.2 Å². The molecule has 4 heteroatoms. The zero-order valence-corrected chi connectivity index (χ0v) is 19.5. The average Bonchev–Trinajstić information content (AvgIpc) is 2.85. The maximum Gasteiger partial charge on any atom is 0.147 e. The number of nitrogens with zero attached hydrogens (tertiary/aromatic N) is 2. The zero-order valence-electron chi connectivity index (χ0n) is 19.5. The number of piperidine rings is 1. The van der Waals surface area contributed by atoms with Crippen molar-refractivity contribution in [3.63, 3.8) is 0 Å². The Labute approximate surface area is 197 Å². The first-order valence-electron chi connectivity index (χ1n) is 12.0. The van der Waals surface area contributed by atoms with Gasteiger partial charge in [-0.25, -0.2) is 4.39 Å². The SMILES string of the molecule is C=C(NC(c1ccc(C)cc1)c1ccncc1F)C1CCN(CCCc2ccccc2)CC1. The summed E-state index contributed by atoms with van der Waals surface area (Å²) >= 11 is 0. The molecule has 1 aromatic heterocycles. The predicted molar refractivity (Wildman–Crippen MR) is 133 cm³/mol. The normalized spacial score (nSPS) is 15.8. The zero-order chi connectivity index (χ0) is 23.0. The average molecular weight is 444 g/mol. The first kappa shape index (κ1) is 23.2. The first-order chi connectivity index (χ1) is 16.1. The van der Waals surface area contributed by atoms with E-state index in [1.807, 2.05) is 0 Å². The van der Waals surface area contributed by atoms with E-state index in [1.54, 1.807) is 12.3 Å². The van der Waals surface area contributed by atoms with Crippen LogP contribution in [0.3, 0.4) is 0 Å². The first-order valence-corrected chi connectivity index (χ1v) is 12.0. The van der Waals surface area contributed by atoms with Crippen molar-refractivity contribution in [1.82, 2.24) is 15.2 Å². The highest BCUT2D eigenvalue weighted by Crippen LogP contribution is 2.29. The fraction of sp³-hybridized carbons (Fsp3) is 0.345. The van der Waals surface area contributed by atoms with Crippen molar-refractivity contribution in [3.8, 4) is 0 Å². The summed E-state index contributed by atoms with van der Waals surface area (Å²) in [5, 5.41) is 3.58. The second-order valence-corrected chi connectivity index (χ2v) is 9.12. The van der Waals surface area contributed by atoms with E-state index in [1.165, 1.54) is 23.7 Å². The monoisotopic (exact) mass is 443 g/mol. The molecule has 1 fully saturated rings. The molecule has 0 aliphatic carbocycles. The molecular weight excluding hydrogens is 409 g/mol. The molecule has 0 spiro atoms. The molecule has 4 rings (SSSR count). The van der Waals surface area contributed by atoms with Crippen molar-refractivity contribution in [3.05, 3.63) is 113 Å². The minimum absolute atomic E-state index is 0.273. The lowest BCUT2D eigenvalue weighted by Gasteiger charge is -2.34. The summed E-state index contributed by atoms with van der Waals surface area (Å²) in [6.45, 7) is 9.74. The Hall–Kier alpha value is -2.98. The molecule has 1 unspecified atom stereocenters. The molecule has 1 saturated heterocycles. The molecule has 3 nitrogen and oxygen atoms in total. The number of hydrogen-bond acceptors (Lipinski definition) is 3. The van der Waals surface area contributed by atoms with Crippen molar-refractivity contribution in [1.29, 1.82) is 0 Å². The number of halogens is 1. The van der Waals surface area contributed by atoms with Gasteiger partial charge in [0.25, 0.3) is 0 Å². The van der Waals surface area contributed by atoms with Gasteiger partial charge in [0.2, 0.25) is 0 Å². The highest BCUT2D eigenvalue weighted by molar-refractivity contribution is 5.34. The number of aryl methyl sites for hydroxylation is 2. The maximum atomic E-state index is 14.7. The van der Waals surface area contributed by atoms with Gasteiger partial charge in [0, 0.05) is 23.4 Å². The lowest BCUT2D eigenvalue weighted by Crippen LogP contribution is -2.37. The molecule has 0 amide bonds. The Morgan fingerprint density at radius 3 is 2.52 bits per heavy atom. The second-order valence-electron chi connectivity index (χ2n) is 9.12. The highest BCUT2D eigenvalue weighted by Gasteiger charge is 2.25. The lowest BCUT2D eigenvalue weighted by molar-refractivity contribution is 0.193. The highest BCUT2D eigenvalue weighted by atomic mass is 19.1. The van der Waals surface area contributed by atoms with E-state index in [0.717, 1.165) is 50.2 Å². The van der Waals surface area contributed by atoms with Crippen molar-refractivity contribution >= 4 is 0 Å². The van der Waals surface area contributed by atoms with Crippen LogP contribution in [0, 0.1) is 18.7 Å². The minimum Gasteiger partial charge on any atom is -0.378 e. The third-order valence-corrected chi connectivity index (χ3v) is 6.72. The fourth-order valence-electron chi connectivity index (χ4n) is 4.68. The van der Waals surface area contributed by atoms with Gasteiger partial charge in [-0.05, 0) is 69.4 Å². The van der Waals surface area contributed by atoms with Gasteiger partial charge in [0.1, 0.15) is 5.82 Å². The van der Waals surface area contributed by atoms with Crippen molar-refractivity contribution in [2.45, 2.75) is 38.6 Å². The van der Waals surface area contributed by atoms with E-state index in [0.29, 0.717) is 11.5 Å². The number of aromatic nitrogens is 1. The summed E-state index contributed by atoms with van der Waals surface area (Å²) in [7, 11) is 0. The molecule has 1 N–H and O–H groups in total. The van der Waals surface area contributed by atoms with Gasteiger partial charge in [0.15, 0.2) is 0 Å². The van der Waals surface area contributed by atoms with Gasteiger partial charge in [-0.3, -0.25) is 4.98 Å². The molecular formula is C29H34FN3. The maximum absolute atomic E-state index is 14.7. The second kappa shape index (κ2) is 11.2. The molecule has 2 heterocycles. The van der Waals surface area contributed by atoms with Crippen molar-refractivity contribution in [2.75, 3.05) is 19.6 Å². The van der Waals surface area contributed by atoms with Crippen molar-refractivity contribution in [2.24, 2.45) is 5.92 Å². The van der Waals surface area contributed by atoms with E-state index < -0.39 is 0 Å². The Balaban J connectivity index is 1.34. The van der Waals surface area contributed by atoms with Gasteiger partial charge in [-0.15, -0.1) is 0 Å². The molecule has 0 radical (unpaired) electrons. The number of pyridine rings is 1. The smallest absolute Gasteiger partial charge is 0.147 e. The van der Waals surface area contributed by atoms with Crippen LogP contribution in [0.2, 0.25) is 0 Å². The van der Waals surface area contributed by atoms with Gasteiger partial charge in [-0.1, -0.05) is 66.7 Å². The topological polar surface area (TPSA) is 28.2 Å². The van der Waals surface area contributed by atoms with E-state index in [9.17, 15) is 4.39 Å². The Kier molecular flexibility index (Phi) is 7.90. The molecule has 172 valence electrons. The van der Waals surface area contributed by atoms with Gasteiger partial charge in [-0.2, -0.15) is 0 Å². The number of nitrogens with one attached hydrogen (secondary N) is 1. The molecule has 0 bridgehead atoms. The van der Waals surface area contributed by atoms with Gasteiger partial charge < -0.3 is 10.2 Å². The summed E-state index contributed by atoms with van der Waals surface area (Å²) in [5.74, 6) is 0.102.